The van der Waals surface area contributed by atoms with E-state index in [1.54, 1.807) is 0 Å². The van der Waals surface area contributed by atoms with Crippen LogP contribution < -0.4 is 5.32 Å². The van der Waals surface area contributed by atoms with Crippen molar-refractivity contribution in [2.45, 2.75) is 32.7 Å². The van der Waals surface area contributed by atoms with Crippen molar-refractivity contribution in [3.8, 4) is 6.07 Å². The van der Waals surface area contributed by atoms with Gasteiger partial charge in [0.05, 0.1) is 6.07 Å². The van der Waals surface area contributed by atoms with Gasteiger partial charge in [-0.2, -0.15) is 5.26 Å². The van der Waals surface area contributed by atoms with E-state index in [1.165, 1.54) is 25.9 Å². The summed E-state index contributed by atoms with van der Waals surface area (Å²) in [4.78, 5) is 2.41. The Labute approximate surface area is 87.1 Å². The first-order valence-corrected chi connectivity index (χ1v) is 5.65. The van der Waals surface area contributed by atoms with Crippen LogP contribution in [-0.4, -0.2) is 37.1 Å². The number of nitrogens with one attached hydrogen (secondary N) is 1. The molecule has 1 rings (SSSR count). The van der Waals surface area contributed by atoms with Crippen molar-refractivity contribution < 1.29 is 0 Å². The molecule has 0 aromatic heterocycles. The predicted molar refractivity (Wildman–Crippen MR) is 57.9 cm³/mol. The molecule has 1 aliphatic rings. The first-order valence-electron chi connectivity index (χ1n) is 5.65. The molecule has 0 saturated carbocycles. The predicted octanol–water partition coefficient (Wildman–Crippen LogP) is 1.22. The summed E-state index contributed by atoms with van der Waals surface area (Å²) in [6, 6.07) is 2.32. The van der Waals surface area contributed by atoms with Crippen molar-refractivity contribution in [3.05, 3.63) is 0 Å². The van der Waals surface area contributed by atoms with Gasteiger partial charge in [0.2, 0.25) is 0 Å². The minimum absolute atomic E-state index is 0.00982. The van der Waals surface area contributed by atoms with E-state index >= 15 is 0 Å². The fourth-order valence-electron chi connectivity index (χ4n) is 2.07. The van der Waals surface area contributed by atoms with Crippen LogP contribution in [0.3, 0.4) is 0 Å². The molecule has 80 valence electrons. The maximum atomic E-state index is 8.90. The molecule has 0 bridgehead atoms. The molecule has 14 heavy (non-hydrogen) atoms. The number of hydrogen-bond acceptors (Lipinski definition) is 3. The third-order valence-corrected chi connectivity index (χ3v) is 2.99. The number of likely N-dealkylation sites (tertiary alicyclic amines) is 1. The summed E-state index contributed by atoms with van der Waals surface area (Å²) in [6.07, 6.45) is 2.58. The summed E-state index contributed by atoms with van der Waals surface area (Å²) in [6.45, 7) is 8.41. The molecule has 2 atom stereocenters. The summed E-state index contributed by atoms with van der Waals surface area (Å²) in [7, 11) is 0. The van der Waals surface area contributed by atoms with Crippen molar-refractivity contribution in [2.24, 2.45) is 5.92 Å². The first kappa shape index (κ1) is 11.5. The highest BCUT2D eigenvalue weighted by Crippen LogP contribution is 2.18. The van der Waals surface area contributed by atoms with Gasteiger partial charge in [0.15, 0.2) is 0 Å². The molecule has 1 N–H and O–H groups in total. The molecule has 1 saturated heterocycles. The number of nitrogens with zero attached hydrogens (tertiary/aromatic N) is 2. The lowest BCUT2D eigenvalue weighted by molar-refractivity contribution is 0.302. The van der Waals surface area contributed by atoms with E-state index in [9.17, 15) is 0 Å². The van der Waals surface area contributed by atoms with Crippen molar-refractivity contribution >= 4 is 0 Å². The normalized spacial score (nSPS) is 24.8. The summed E-state index contributed by atoms with van der Waals surface area (Å²) >= 11 is 0. The molecule has 0 amide bonds. The van der Waals surface area contributed by atoms with E-state index in [2.05, 4.69) is 23.2 Å². The third-order valence-electron chi connectivity index (χ3n) is 2.99. The lowest BCUT2D eigenvalue weighted by Gasteiger charge is -2.19. The largest absolute Gasteiger partial charge is 0.301 e. The quantitative estimate of drug-likeness (QED) is 0.717. The van der Waals surface area contributed by atoms with E-state index in [4.69, 9.17) is 5.26 Å². The Morgan fingerprint density at radius 1 is 1.57 bits per heavy atom. The van der Waals surface area contributed by atoms with Crippen molar-refractivity contribution in [2.75, 3.05) is 26.2 Å². The van der Waals surface area contributed by atoms with Crippen molar-refractivity contribution in [3.63, 3.8) is 0 Å². The standard InChI is InChI=1S/C11H21N3/c1-3-10-5-6-14(8-10)9-11(7-12)13-4-2/h10-11,13H,3-6,8-9H2,1-2H3. The fourth-order valence-corrected chi connectivity index (χ4v) is 2.07. The van der Waals surface area contributed by atoms with Gasteiger partial charge in [-0.15, -0.1) is 0 Å². The van der Waals surface area contributed by atoms with Crippen LogP contribution in [-0.2, 0) is 0 Å². The zero-order chi connectivity index (χ0) is 10.4. The second kappa shape index (κ2) is 6.00. The van der Waals surface area contributed by atoms with Gasteiger partial charge >= 0.3 is 0 Å². The Balaban J connectivity index is 2.27. The van der Waals surface area contributed by atoms with Crippen molar-refractivity contribution in [1.82, 2.24) is 10.2 Å². The second-order valence-electron chi connectivity index (χ2n) is 4.06. The van der Waals surface area contributed by atoms with Crippen LogP contribution >= 0.6 is 0 Å². The number of nitriles is 1. The lowest BCUT2D eigenvalue weighted by atomic mass is 10.1. The Hall–Kier alpha value is -0.590. The average Bonchev–Trinajstić information content (AvgIpc) is 2.65. The van der Waals surface area contributed by atoms with Gasteiger partial charge in [0, 0.05) is 13.1 Å². The molecule has 0 aromatic rings. The Bertz CT molecular complexity index is 197. The molecule has 1 fully saturated rings. The Morgan fingerprint density at radius 3 is 2.86 bits per heavy atom. The van der Waals surface area contributed by atoms with Gasteiger partial charge in [-0.1, -0.05) is 20.3 Å². The monoisotopic (exact) mass is 195 g/mol. The van der Waals surface area contributed by atoms with Crippen LogP contribution in [0.1, 0.15) is 26.7 Å². The highest BCUT2D eigenvalue weighted by atomic mass is 15.2. The summed E-state index contributed by atoms with van der Waals surface area (Å²) in [5, 5.41) is 12.1. The molecule has 0 aliphatic carbocycles. The minimum Gasteiger partial charge on any atom is -0.301 e. The molecule has 1 aliphatic heterocycles. The van der Waals surface area contributed by atoms with E-state index in [-0.39, 0.29) is 6.04 Å². The number of rotatable bonds is 5. The molecular formula is C11H21N3. The smallest absolute Gasteiger partial charge is 0.108 e. The van der Waals surface area contributed by atoms with Crippen LogP contribution in [0.2, 0.25) is 0 Å². The zero-order valence-corrected chi connectivity index (χ0v) is 9.29. The summed E-state index contributed by atoms with van der Waals surface area (Å²) in [5.74, 6) is 0.857. The fraction of sp³-hybridized carbons (Fsp3) is 0.909. The van der Waals surface area contributed by atoms with Gasteiger partial charge < -0.3 is 10.2 Å². The van der Waals surface area contributed by atoms with Gasteiger partial charge in [-0.05, 0) is 25.4 Å². The maximum Gasteiger partial charge on any atom is 0.108 e. The molecule has 1 heterocycles. The maximum absolute atomic E-state index is 8.90. The van der Waals surface area contributed by atoms with E-state index < -0.39 is 0 Å². The van der Waals surface area contributed by atoms with E-state index in [1.807, 2.05) is 6.92 Å². The summed E-state index contributed by atoms with van der Waals surface area (Å²) in [5.41, 5.74) is 0. The van der Waals surface area contributed by atoms with E-state index in [0.717, 1.165) is 19.0 Å². The molecule has 3 heteroatoms. The number of likely N-dealkylation sites (N-methyl/N-ethyl adjacent to an activating group) is 1. The van der Waals surface area contributed by atoms with Crippen molar-refractivity contribution in [1.29, 1.82) is 5.26 Å². The minimum atomic E-state index is 0.00982. The molecule has 0 aromatic carbocycles. The zero-order valence-electron chi connectivity index (χ0n) is 9.29. The Morgan fingerprint density at radius 2 is 2.36 bits per heavy atom. The topological polar surface area (TPSA) is 39.1 Å². The third kappa shape index (κ3) is 3.28. The molecular weight excluding hydrogens is 174 g/mol. The van der Waals surface area contributed by atoms with Gasteiger partial charge in [0.1, 0.15) is 6.04 Å². The summed E-state index contributed by atoms with van der Waals surface area (Å²) < 4.78 is 0. The SMILES string of the molecule is CCNC(C#N)CN1CCC(CC)C1. The van der Waals surface area contributed by atoms with Crippen LogP contribution in [0.5, 0.6) is 0 Å². The highest BCUT2D eigenvalue weighted by molar-refractivity contribution is 4.93. The first-order chi connectivity index (χ1) is 6.80. The van der Waals surface area contributed by atoms with Gasteiger partial charge in [0.25, 0.3) is 0 Å². The average molecular weight is 195 g/mol. The molecule has 3 nitrogen and oxygen atoms in total. The van der Waals surface area contributed by atoms with Gasteiger partial charge in [-0.3, -0.25) is 0 Å². The van der Waals surface area contributed by atoms with Gasteiger partial charge in [-0.25, -0.2) is 0 Å². The number of hydrogen-bond donors (Lipinski definition) is 1. The molecule has 0 spiro atoms. The van der Waals surface area contributed by atoms with Crippen LogP contribution in [0.15, 0.2) is 0 Å². The second-order valence-corrected chi connectivity index (χ2v) is 4.06. The highest BCUT2D eigenvalue weighted by Gasteiger charge is 2.22. The van der Waals surface area contributed by atoms with E-state index in [0.29, 0.717) is 0 Å². The van der Waals surface area contributed by atoms with Crippen LogP contribution in [0.25, 0.3) is 0 Å². The lowest BCUT2D eigenvalue weighted by Crippen LogP contribution is -2.39. The molecule has 2 unspecified atom stereocenters. The van der Waals surface area contributed by atoms with Crippen LogP contribution in [0.4, 0.5) is 0 Å². The Kier molecular flexibility index (Phi) is 4.92. The van der Waals surface area contributed by atoms with Crippen LogP contribution in [0, 0.1) is 17.2 Å². The molecule has 0 radical (unpaired) electrons.